The maximum Gasteiger partial charge on any atom is 0.191 e. The van der Waals surface area contributed by atoms with Gasteiger partial charge in [-0.05, 0) is 29.8 Å². The number of nitrogens with zero attached hydrogens (tertiary/aromatic N) is 3. The first-order chi connectivity index (χ1) is 12.0. The molecule has 1 aromatic heterocycles. The molecule has 25 heavy (non-hydrogen) atoms. The molecule has 0 saturated heterocycles. The fourth-order valence-electron chi connectivity index (χ4n) is 2.25. The normalized spacial score (nSPS) is 11.6. The highest BCUT2D eigenvalue weighted by Crippen LogP contribution is 2.24. The zero-order valence-electron chi connectivity index (χ0n) is 13.5. The highest BCUT2D eigenvalue weighted by Gasteiger charge is 2.20. The SMILES string of the molecule is Cn1c(CS(=O)(=O)c2ccccc2)nnc1SCc1cccc(Cl)c1. The van der Waals surface area contributed by atoms with Gasteiger partial charge in [0.2, 0.25) is 0 Å². The lowest BCUT2D eigenvalue weighted by Crippen LogP contribution is -2.09. The lowest BCUT2D eigenvalue weighted by atomic mass is 10.2. The number of thioether (sulfide) groups is 1. The molecular weight excluding hydrogens is 378 g/mol. The standard InChI is InChI=1S/C17H16ClN3O2S2/c1-21-16(12-25(22,23)15-8-3-2-4-9-15)19-20-17(21)24-11-13-6-5-7-14(18)10-13/h2-10H,11-12H2,1H3. The van der Waals surface area contributed by atoms with E-state index < -0.39 is 9.84 Å². The quantitative estimate of drug-likeness (QED) is 0.597. The van der Waals surface area contributed by atoms with Gasteiger partial charge < -0.3 is 4.57 Å². The van der Waals surface area contributed by atoms with Crippen LogP contribution in [0.15, 0.2) is 64.6 Å². The minimum Gasteiger partial charge on any atom is -0.308 e. The van der Waals surface area contributed by atoms with Gasteiger partial charge in [-0.15, -0.1) is 10.2 Å². The third kappa shape index (κ3) is 4.42. The van der Waals surface area contributed by atoms with Crippen LogP contribution >= 0.6 is 23.4 Å². The van der Waals surface area contributed by atoms with Crippen LogP contribution in [0.3, 0.4) is 0 Å². The lowest BCUT2D eigenvalue weighted by molar-refractivity contribution is 0.591. The van der Waals surface area contributed by atoms with Crippen LogP contribution in [-0.4, -0.2) is 23.2 Å². The number of hydrogen-bond donors (Lipinski definition) is 0. The van der Waals surface area contributed by atoms with Gasteiger partial charge in [0.25, 0.3) is 0 Å². The Kier molecular flexibility index (Phi) is 5.46. The summed E-state index contributed by atoms with van der Waals surface area (Å²) in [5.74, 6) is 0.911. The van der Waals surface area contributed by atoms with Crippen LogP contribution in [0.25, 0.3) is 0 Å². The van der Waals surface area contributed by atoms with Crippen molar-refractivity contribution in [1.29, 1.82) is 0 Å². The van der Waals surface area contributed by atoms with E-state index in [-0.39, 0.29) is 10.6 Å². The van der Waals surface area contributed by atoms with E-state index in [1.807, 2.05) is 24.3 Å². The second kappa shape index (κ2) is 7.59. The number of benzene rings is 2. The molecule has 0 spiro atoms. The van der Waals surface area contributed by atoms with Gasteiger partial charge in [0.05, 0.1) is 4.90 Å². The lowest BCUT2D eigenvalue weighted by Gasteiger charge is -2.06. The molecule has 3 rings (SSSR count). The Bertz CT molecular complexity index is 973. The highest BCUT2D eigenvalue weighted by atomic mass is 35.5. The summed E-state index contributed by atoms with van der Waals surface area (Å²) in [4.78, 5) is 0.283. The molecule has 0 unspecified atom stereocenters. The van der Waals surface area contributed by atoms with E-state index in [4.69, 9.17) is 11.6 Å². The van der Waals surface area contributed by atoms with Gasteiger partial charge >= 0.3 is 0 Å². The summed E-state index contributed by atoms with van der Waals surface area (Å²) >= 11 is 7.47. The van der Waals surface area contributed by atoms with E-state index in [1.165, 1.54) is 11.8 Å². The van der Waals surface area contributed by atoms with Gasteiger partial charge in [-0.3, -0.25) is 0 Å². The van der Waals surface area contributed by atoms with Crippen LogP contribution in [0.4, 0.5) is 0 Å². The minimum absolute atomic E-state index is 0.182. The Morgan fingerprint density at radius 1 is 1.08 bits per heavy atom. The van der Waals surface area contributed by atoms with Crippen LogP contribution in [0.1, 0.15) is 11.4 Å². The molecule has 0 N–H and O–H groups in total. The first-order valence-corrected chi connectivity index (χ1v) is 10.5. The van der Waals surface area contributed by atoms with Gasteiger partial charge in [-0.25, -0.2) is 8.42 Å². The summed E-state index contributed by atoms with van der Waals surface area (Å²) in [7, 11) is -1.67. The molecule has 0 bridgehead atoms. The van der Waals surface area contributed by atoms with Crippen LogP contribution in [-0.2, 0) is 28.4 Å². The largest absolute Gasteiger partial charge is 0.308 e. The third-order valence-corrected chi connectivity index (χ3v) is 6.56. The molecule has 5 nitrogen and oxygen atoms in total. The Balaban J connectivity index is 1.73. The van der Waals surface area contributed by atoms with Gasteiger partial charge in [0, 0.05) is 17.8 Å². The minimum atomic E-state index is -3.45. The molecule has 0 aliphatic heterocycles. The molecule has 3 aromatic rings. The van der Waals surface area contributed by atoms with E-state index >= 15 is 0 Å². The van der Waals surface area contributed by atoms with Crippen LogP contribution < -0.4 is 0 Å². The number of halogens is 1. The Morgan fingerprint density at radius 2 is 1.84 bits per heavy atom. The number of rotatable bonds is 6. The van der Waals surface area contributed by atoms with Gasteiger partial charge in [0.15, 0.2) is 15.0 Å². The monoisotopic (exact) mass is 393 g/mol. The summed E-state index contributed by atoms with van der Waals surface area (Å²) in [6.07, 6.45) is 0. The molecule has 0 radical (unpaired) electrons. The van der Waals surface area contributed by atoms with Crippen molar-refractivity contribution in [3.8, 4) is 0 Å². The van der Waals surface area contributed by atoms with Crippen molar-refractivity contribution < 1.29 is 8.42 Å². The average Bonchev–Trinajstić information content (AvgIpc) is 2.93. The fraction of sp³-hybridized carbons (Fsp3) is 0.176. The molecule has 130 valence electrons. The fourth-order valence-corrected chi connectivity index (χ4v) is 4.67. The first kappa shape index (κ1) is 18.0. The second-order valence-corrected chi connectivity index (χ2v) is 8.82. The van der Waals surface area contributed by atoms with Crippen LogP contribution in [0.2, 0.25) is 5.02 Å². The zero-order valence-corrected chi connectivity index (χ0v) is 15.9. The topological polar surface area (TPSA) is 64.8 Å². The Morgan fingerprint density at radius 3 is 2.56 bits per heavy atom. The second-order valence-electron chi connectivity index (χ2n) is 5.45. The maximum atomic E-state index is 12.5. The van der Waals surface area contributed by atoms with Crippen LogP contribution in [0.5, 0.6) is 0 Å². The Labute approximate surface area is 156 Å². The molecule has 0 aliphatic rings. The van der Waals surface area contributed by atoms with Crippen molar-refractivity contribution in [2.24, 2.45) is 7.05 Å². The van der Waals surface area contributed by atoms with Crippen molar-refractivity contribution >= 4 is 33.2 Å². The molecule has 0 fully saturated rings. The summed E-state index contributed by atoms with van der Waals surface area (Å²) in [5, 5.41) is 9.50. The molecule has 2 aromatic carbocycles. The third-order valence-electron chi connectivity index (χ3n) is 3.60. The summed E-state index contributed by atoms with van der Waals surface area (Å²) < 4.78 is 26.7. The van der Waals surface area contributed by atoms with Gasteiger partial charge in [-0.1, -0.05) is 53.7 Å². The predicted molar refractivity (Wildman–Crippen MR) is 99.3 cm³/mol. The van der Waals surface area contributed by atoms with E-state index in [0.29, 0.717) is 21.8 Å². The number of sulfone groups is 1. The van der Waals surface area contributed by atoms with Gasteiger partial charge in [-0.2, -0.15) is 0 Å². The summed E-state index contributed by atoms with van der Waals surface area (Å²) in [6.45, 7) is 0. The first-order valence-electron chi connectivity index (χ1n) is 7.49. The van der Waals surface area contributed by atoms with E-state index in [0.717, 1.165) is 5.56 Å². The van der Waals surface area contributed by atoms with Gasteiger partial charge in [0.1, 0.15) is 11.6 Å². The van der Waals surface area contributed by atoms with Crippen molar-refractivity contribution in [3.05, 3.63) is 71.0 Å². The van der Waals surface area contributed by atoms with E-state index in [2.05, 4.69) is 10.2 Å². The zero-order chi connectivity index (χ0) is 17.9. The highest BCUT2D eigenvalue weighted by molar-refractivity contribution is 7.98. The van der Waals surface area contributed by atoms with Crippen LogP contribution in [0, 0.1) is 0 Å². The molecular formula is C17H16ClN3O2S2. The summed E-state index contributed by atoms with van der Waals surface area (Å²) in [6, 6.07) is 16.0. The molecule has 0 atom stereocenters. The molecule has 0 aliphatic carbocycles. The molecule has 8 heteroatoms. The smallest absolute Gasteiger partial charge is 0.191 e. The van der Waals surface area contributed by atoms with Crippen molar-refractivity contribution in [1.82, 2.24) is 14.8 Å². The number of hydrogen-bond acceptors (Lipinski definition) is 5. The van der Waals surface area contributed by atoms with E-state index in [1.54, 1.807) is 41.9 Å². The van der Waals surface area contributed by atoms with Crippen molar-refractivity contribution in [2.45, 2.75) is 21.6 Å². The summed E-state index contributed by atoms with van der Waals surface area (Å²) in [5.41, 5.74) is 1.07. The Hall–Kier alpha value is -1.83. The molecule has 0 amide bonds. The predicted octanol–water partition coefficient (Wildman–Crippen LogP) is 3.73. The average molecular weight is 394 g/mol. The molecule has 0 saturated carbocycles. The van der Waals surface area contributed by atoms with Crippen molar-refractivity contribution in [3.63, 3.8) is 0 Å². The van der Waals surface area contributed by atoms with E-state index in [9.17, 15) is 8.42 Å². The number of aromatic nitrogens is 3. The van der Waals surface area contributed by atoms with Crippen molar-refractivity contribution in [2.75, 3.05) is 0 Å². The maximum absolute atomic E-state index is 12.5. The molecule has 1 heterocycles.